The van der Waals surface area contributed by atoms with Crippen molar-refractivity contribution in [3.05, 3.63) is 28.7 Å². The first-order valence-corrected chi connectivity index (χ1v) is 10.1. The number of hydrogen-bond acceptors (Lipinski definition) is 2. The van der Waals surface area contributed by atoms with Crippen LogP contribution in [-0.4, -0.2) is 11.3 Å². The van der Waals surface area contributed by atoms with E-state index < -0.39 is 0 Å². The van der Waals surface area contributed by atoms with E-state index >= 15 is 0 Å². The summed E-state index contributed by atoms with van der Waals surface area (Å²) in [5.41, 5.74) is 1.38. The van der Waals surface area contributed by atoms with E-state index in [0.29, 0.717) is 16.7 Å². The van der Waals surface area contributed by atoms with Crippen molar-refractivity contribution in [2.24, 2.45) is 11.3 Å². The molecule has 4 heteroatoms. The van der Waals surface area contributed by atoms with Crippen LogP contribution in [0.3, 0.4) is 0 Å². The minimum Gasteiger partial charge on any atom is -0.467 e. The Kier molecular flexibility index (Phi) is 5.63. The Hall–Kier alpha value is -0.610. The zero-order valence-corrected chi connectivity index (χ0v) is 16.2. The number of halogens is 1. The van der Waals surface area contributed by atoms with Gasteiger partial charge in [0.25, 0.3) is 5.17 Å². The summed E-state index contributed by atoms with van der Waals surface area (Å²) in [5, 5.41) is 3.73. The molecule has 0 bridgehead atoms. The number of anilines is 1. The largest absolute Gasteiger partial charge is 0.467 e. The molecule has 1 aromatic carbocycles. The van der Waals surface area contributed by atoms with Gasteiger partial charge in [0.05, 0.1) is 5.69 Å². The molecule has 0 radical (unpaired) electrons. The van der Waals surface area contributed by atoms with Gasteiger partial charge in [-0.05, 0) is 84.7 Å². The topological polar surface area (TPSA) is 21.3 Å². The first kappa shape index (κ1) is 17.2. The van der Waals surface area contributed by atoms with Crippen LogP contribution in [0.15, 0.2) is 28.7 Å². The fraction of sp³-hybridized carbons (Fsp3) is 0.632. The Labute approximate surface area is 153 Å². The molecular formula is C19H26BrNOS. The molecule has 2 fully saturated rings. The molecule has 2 nitrogen and oxygen atoms in total. The molecule has 1 atom stereocenters. The van der Waals surface area contributed by atoms with Gasteiger partial charge in [0.1, 0.15) is 6.10 Å². The number of nitrogens with one attached hydrogen (secondary N) is 1. The quantitative estimate of drug-likeness (QED) is 0.604. The van der Waals surface area contributed by atoms with Gasteiger partial charge in [0.15, 0.2) is 0 Å². The highest BCUT2D eigenvalue weighted by atomic mass is 79.9. The van der Waals surface area contributed by atoms with E-state index in [4.69, 9.17) is 17.0 Å². The van der Waals surface area contributed by atoms with Crippen LogP contribution in [0.2, 0.25) is 0 Å². The van der Waals surface area contributed by atoms with Crippen LogP contribution in [0, 0.1) is 11.3 Å². The highest BCUT2D eigenvalue weighted by molar-refractivity contribution is 9.10. The number of rotatable bonds is 4. The molecule has 23 heavy (non-hydrogen) atoms. The number of hydrogen-bond donors (Lipinski definition) is 1. The van der Waals surface area contributed by atoms with Crippen LogP contribution in [0.1, 0.15) is 58.3 Å². The highest BCUT2D eigenvalue weighted by Gasteiger charge is 2.50. The van der Waals surface area contributed by atoms with E-state index in [0.717, 1.165) is 22.5 Å². The predicted octanol–water partition coefficient (Wildman–Crippen LogP) is 6.30. The minimum absolute atomic E-state index is 0.313. The van der Waals surface area contributed by atoms with Gasteiger partial charge in [-0.3, -0.25) is 0 Å². The van der Waals surface area contributed by atoms with Crippen LogP contribution in [0.5, 0.6) is 0 Å². The molecular weight excluding hydrogens is 370 g/mol. The lowest BCUT2D eigenvalue weighted by Gasteiger charge is -2.52. The smallest absolute Gasteiger partial charge is 0.261 e. The van der Waals surface area contributed by atoms with Gasteiger partial charge >= 0.3 is 0 Å². The summed E-state index contributed by atoms with van der Waals surface area (Å²) in [5.74, 6) is 0.942. The molecule has 1 spiro atoms. The standard InChI is InChI=1S/C19H26BrNOS/c1-2-5-14-8-11-19(12-9-14)13-10-17(19)22-18(23)21-16-7-4-3-6-15(16)20/h3-4,6-7,14,17H,2,5,8-13H2,1H3,(H,21,23). The Bertz CT molecular complexity index is 554. The summed E-state index contributed by atoms with van der Waals surface area (Å²) in [4.78, 5) is 0. The second-order valence-electron chi connectivity index (χ2n) is 7.13. The molecule has 2 saturated carbocycles. The van der Waals surface area contributed by atoms with Gasteiger partial charge < -0.3 is 10.1 Å². The number of benzene rings is 1. The van der Waals surface area contributed by atoms with Crippen molar-refractivity contribution in [3.8, 4) is 0 Å². The Morgan fingerprint density at radius 2 is 1.96 bits per heavy atom. The number of para-hydroxylation sites is 1. The zero-order chi connectivity index (χ0) is 16.3. The van der Waals surface area contributed by atoms with Crippen molar-refractivity contribution in [2.75, 3.05) is 5.32 Å². The van der Waals surface area contributed by atoms with Gasteiger partial charge in [-0.15, -0.1) is 0 Å². The molecule has 2 aliphatic carbocycles. The third-order valence-corrected chi connectivity index (χ3v) is 6.63. The lowest BCUT2D eigenvalue weighted by atomic mass is 9.57. The summed E-state index contributed by atoms with van der Waals surface area (Å²) < 4.78 is 7.14. The molecule has 0 saturated heterocycles. The Balaban J connectivity index is 1.53. The summed E-state index contributed by atoms with van der Waals surface area (Å²) in [7, 11) is 0. The van der Waals surface area contributed by atoms with Crippen molar-refractivity contribution in [1.29, 1.82) is 0 Å². The average Bonchev–Trinajstić information content (AvgIpc) is 2.55. The lowest BCUT2D eigenvalue weighted by Crippen LogP contribution is -2.50. The van der Waals surface area contributed by atoms with Crippen LogP contribution in [0.25, 0.3) is 0 Å². The predicted molar refractivity (Wildman–Crippen MR) is 104 cm³/mol. The normalized spacial score (nSPS) is 29.8. The van der Waals surface area contributed by atoms with E-state index in [1.165, 1.54) is 44.9 Å². The monoisotopic (exact) mass is 395 g/mol. The van der Waals surface area contributed by atoms with Crippen molar-refractivity contribution < 1.29 is 4.74 Å². The van der Waals surface area contributed by atoms with Crippen LogP contribution < -0.4 is 5.32 Å². The highest BCUT2D eigenvalue weighted by Crippen LogP contribution is 2.54. The molecule has 2 aliphatic rings. The van der Waals surface area contributed by atoms with Gasteiger partial charge in [0.2, 0.25) is 0 Å². The zero-order valence-electron chi connectivity index (χ0n) is 13.8. The maximum Gasteiger partial charge on any atom is 0.261 e. The Morgan fingerprint density at radius 3 is 2.57 bits per heavy atom. The van der Waals surface area contributed by atoms with E-state index in [1.807, 2.05) is 24.3 Å². The lowest BCUT2D eigenvalue weighted by molar-refractivity contribution is -0.0843. The Morgan fingerprint density at radius 1 is 1.26 bits per heavy atom. The molecule has 3 rings (SSSR count). The van der Waals surface area contributed by atoms with E-state index in [-0.39, 0.29) is 0 Å². The van der Waals surface area contributed by atoms with E-state index in [9.17, 15) is 0 Å². The molecule has 0 aromatic heterocycles. The van der Waals surface area contributed by atoms with Gasteiger partial charge in [-0.25, -0.2) is 0 Å². The summed E-state index contributed by atoms with van der Waals surface area (Å²) in [6.45, 7) is 2.30. The van der Waals surface area contributed by atoms with Crippen LogP contribution in [0.4, 0.5) is 5.69 Å². The van der Waals surface area contributed by atoms with Crippen LogP contribution in [-0.2, 0) is 4.74 Å². The molecule has 1 N–H and O–H groups in total. The molecule has 126 valence electrons. The number of thiocarbonyl (C=S) groups is 1. The molecule has 0 heterocycles. The summed E-state index contributed by atoms with van der Waals surface area (Å²) >= 11 is 8.97. The fourth-order valence-electron chi connectivity index (χ4n) is 4.21. The second kappa shape index (κ2) is 7.52. The van der Waals surface area contributed by atoms with Crippen molar-refractivity contribution in [3.63, 3.8) is 0 Å². The molecule has 0 aliphatic heterocycles. The van der Waals surface area contributed by atoms with Gasteiger partial charge in [0, 0.05) is 9.89 Å². The average molecular weight is 396 g/mol. The molecule has 1 unspecified atom stereocenters. The van der Waals surface area contributed by atoms with Gasteiger partial charge in [-0.1, -0.05) is 31.9 Å². The maximum atomic E-state index is 6.13. The van der Waals surface area contributed by atoms with Crippen molar-refractivity contribution in [1.82, 2.24) is 0 Å². The van der Waals surface area contributed by atoms with E-state index in [1.54, 1.807) is 0 Å². The minimum atomic E-state index is 0.313. The van der Waals surface area contributed by atoms with Gasteiger partial charge in [-0.2, -0.15) is 0 Å². The summed E-state index contributed by atoms with van der Waals surface area (Å²) in [6, 6.07) is 8.00. The van der Waals surface area contributed by atoms with Crippen molar-refractivity contribution in [2.45, 2.75) is 64.4 Å². The third-order valence-electron chi connectivity index (χ3n) is 5.75. The SMILES string of the molecule is CCCC1CCC2(CC1)CCC2OC(=S)Nc1ccccc1Br. The third kappa shape index (κ3) is 3.90. The van der Waals surface area contributed by atoms with Crippen LogP contribution >= 0.6 is 28.1 Å². The van der Waals surface area contributed by atoms with Crippen molar-refractivity contribution >= 4 is 39.0 Å². The maximum absolute atomic E-state index is 6.13. The number of ether oxygens (including phenoxy) is 1. The molecule has 0 amide bonds. The molecule has 1 aromatic rings. The first-order chi connectivity index (χ1) is 11.1. The second-order valence-corrected chi connectivity index (χ2v) is 8.36. The first-order valence-electron chi connectivity index (χ1n) is 8.85. The fourth-order valence-corrected chi connectivity index (χ4v) is 4.82. The van der Waals surface area contributed by atoms with E-state index in [2.05, 4.69) is 28.2 Å². The summed E-state index contributed by atoms with van der Waals surface area (Å²) in [6.07, 6.45) is 10.9.